The molecule has 0 fully saturated rings. The fourth-order valence-corrected chi connectivity index (χ4v) is 16.4. The Balaban J connectivity index is 0.000000454. The summed E-state index contributed by atoms with van der Waals surface area (Å²) in [5, 5.41) is 2.85. The van der Waals surface area contributed by atoms with E-state index in [4.69, 9.17) is 0 Å². The number of rotatable bonds is 62. The summed E-state index contributed by atoms with van der Waals surface area (Å²) in [5.41, 5.74) is 41.4. The van der Waals surface area contributed by atoms with E-state index in [1.54, 1.807) is 4.70 Å². The Morgan fingerprint density at radius 2 is 0.533 bits per heavy atom. The average molecular weight is 1570 g/mol. The summed E-state index contributed by atoms with van der Waals surface area (Å²) in [6.07, 6.45) is 76.2. The maximum absolute atomic E-state index is 12.1. The van der Waals surface area contributed by atoms with Gasteiger partial charge < -0.3 is 11.1 Å². The summed E-state index contributed by atoms with van der Waals surface area (Å²) in [6.45, 7) is 20.5. The third kappa shape index (κ3) is 41.2. The van der Waals surface area contributed by atoms with Crippen LogP contribution in [0.5, 0.6) is 0 Å². The maximum atomic E-state index is 12.1. The van der Waals surface area contributed by atoms with Crippen molar-refractivity contribution in [1.29, 1.82) is 0 Å². The molecule has 0 bridgehead atoms. The molecule has 0 atom stereocenters. The normalized spacial score (nSPS) is 12.9. The molecule has 6 rings (SSSR count). The fraction of sp³-hybridized carbons (Fsp3) is 0.677. The van der Waals surface area contributed by atoms with Crippen LogP contribution in [-0.4, -0.2) is 9.39 Å². The number of aryl methyl sites for hydroxylation is 4. The molecule has 0 aliphatic carbocycles. The predicted octanol–water partition coefficient (Wildman–Crippen LogP) is 33.9. The van der Waals surface area contributed by atoms with Gasteiger partial charge in [0.2, 0.25) is 22.8 Å². The second kappa shape index (κ2) is 65.0. The van der Waals surface area contributed by atoms with Crippen molar-refractivity contribution in [3.63, 3.8) is 0 Å². The first-order chi connectivity index (χ1) is 51.2. The minimum atomic E-state index is 0. The molecule has 0 saturated heterocycles. The summed E-state index contributed by atoms with van der Waals surface area (Å²) < 4.78 is 3.03. The molecular formula is C99H160N4NiPd. The zero-order valence-corrected chi connectivity index (χ0v) is 72.3. The third-order valence-corrected chi connectivity index (χ3v) is 23.2. The zero-order chi connectivity index (χ0) is 74.6. The SMILES string of the molecule is CCCCCCCCCCCCCCCCCCCC1=C(c2cccc(CCCC)c2)[N+](=[N-])C(c2ccc(CCCCCC)cc2)=C1CCCC.CCCCCCCC[CH2][Ni][CH2]CCCCCCCC.CCCCCCc1ccc(C2=C(CCCC)C=C(c3cccc(CCCCCC)c3)[N+]2=[N-])cc1.[Pd]. The van der Waals surface area contributed by atoms with Crippen molar-refractivity contribution in [1.82, 2.24) is 0 Å². The number of benzene rings is 4. The van der Waals surface area contributed by atoms with E-state index in [2.05, 4.69) is 165 Å². The van der Waals surface area contributed by atoms with Gasteiger partial charge in [-0.05, 0) is 161 Å². The number of hydrogen-bond donors (Lipinski definition) is 0. The Bertz CT molecular complexity index is 2930. The van der Waals surface area contributed by atoms with Gasteiger partial charge in [0.05, 0.1) is 0 Å². The minimum Gasteiger partial charge on any atom is -0.493 e. The summed E-state index contributed by atoms with van der Waals surface area (Å²) in [5.74, 6) is 0. The molecule has 0 radical (unpaired) electrons. The molecule has 2 heterocycles. The molecule has 0 amide bonds. The van der Waals surface area contributed by atoms with Gasteiger partial charge >= 0.3 is 129 Å². The van der Waals surface area contributed by atoms with E-state index in [0.29, 0.717) is 0 Å². The first-order valence-electron chi connectivity index (χ1n) is 44.9. The van der Waals surface area contributed by atoms with Gasteiger partial charge in [-0.2, -0.15) is 0 Å². The van der Waals surface area contributed by atoms with Crippen LogP contribution in [0.1, 0.15) is 441 Å². The number of nitrogens with zero attached hydrogens (tertiary/aromatic N) is 4. The van der Waals surface area contributed by atoms with E-state index in [0.717, 1.165) is 110 Å². The Labute approximate surface area is 670 Å². The van der Waals surface area contributed by atoms with Gasteiger partial charge in [-0.1, -0.05) is 277 Å². The third-order valence-electron chi connectivity index (χ3n) is 21.8. The largest absolute Gasteiger partial charge is 0.493 e. The van der Waals surface area contributed by atoms with Crippen molar-refractivity contribution < 1.29 is 44.3 Å². The Morgan fingerprint density at radius 1 is 0.248 bits per heavy atom. The second-order valence-corrected chi connectivity index (χ2v) is 32.8. The molecule has 596 valence electrons. The van der Waals surface area contributed by atoms with Gasteiger partial charge in [0.25, 0.3) is 0 Å². The van der Waals surface area contributed by atoms with E-state index in [9.17, 15) is 11.1 Å². The van der Waals surface area contributed by atoms with Gasteiger partial charge in [-0.25, -0.2) is 9.39 Å². The van der Waals surface area contributed by atoms with E-state index < -0.39 is 0 Å². The topological polar surface area (TPSA) is 50.6 Å². The average Bonchev–Trinajstić information content (AvgIpc) is 1.62. The van der Waals surface area contributed by atoms with Crippen LogP contribution < -0.4 is 0 Å². The van der Waals surface area contributed by atoms with Gasteiger partial charge in [0.1, 0.15) is 0 Å². The molecule has 2 aliphatic heterocycles. The molecule has 0 N–H and O–H groups in total. The summed E-state index contributed by atoms with van der Waals surface area (Å²) in [4.78, 5) is 0. The standard InChI is InChI=1S/C49H78N2.C32H44N2.2C9H19.Ni.Pd/c1-5-9-13-15-16-17-18-19-20-21-22-23-24-25-26-27-29-36-47-46(35-12-8-4)48(44-39-37-42(38-40-44)32-28-14-10-6-2)51(50)49(47)45-34-30-33-43(41-45)31-11-7-3;1-4-7-10-12-15-26-20-22-28(23-21-26)32-30(18-9-6-3)25-31(34(32)33)29-19-14-17-27(24-29)16-13-11-8-5-2;2*1-3-5-7-9-8-6-4-2;;/h30,33-34,37-41H,5-29,31-32,35-36H2,1-4H3;14,17,19-25H,4-13,15-16,18H2,1-3H3;2*1,3-9H2,2H3;;. The zero-order valence-electron chi connectivity index (χ0n) is 69.7. The Hall–Kier alpha value is -3.80. The second-order valence-electron chi connectivity index (χ2n) is 31.3. The summed E-state index contributed by atoms with van der Waals surface area (Å²) in [7, 11) is 0. The van der Waals surface area contributed by atoms with E-state index in [-0.39, 0.29) is 20.4 Å². The van der Waals surface area contributed by atoms with Crippen molar-refractivity contribution in [2.75, 3.05) is 0 Å². The molecule has 6 heteroatoms. The van der Waals surface area contributed by atoms with Crippen molar-refractivity contribution in [2.24, 2.45) is 0 Å². The van der Waals surface area contributed by atoms with Gasteiger partial charge in [0, 0.05) is 65.5 Å². The predicted molar refractivity (Wildman–Crippen MR) is 457 cm³/mol. The molecule has 4 aromatic rings. The molecule has 0 saturated carbocycles. The van der Waals surface area contributed by atoms with Gasteiger partial charge in [-0.3, -0.25) is 0 Å². The molecule has 2 aliphatic rings. The minimum absolute atomic E-state index is 0. The van der Waals surface area contributed by atoms with E-state index in [1.165, 1.54) is 349 Å². The smallest absolute Gasteiger partial charge is 0.210 e. The van der Waals surface area contributed by atoms with E-state index in [1.807, 2.05) is 14.4 Å². The molecule has 4 aromatic carbocycles. The van der Waals surface area contributed by atoms with Crippen LogP contribution in [0.15, 0.2) is 120 Å². The van der Waals surface area contributed by atoms with E-state index >= 15 is 0 Å². The monoisotopic (exact) mass is 1570 g/mol. The molecular weight excluding hydrogens is 1410 g/mol. The van der Waals surface area contributed by atoms with Gasteiger partial charge in [0.15, 0.2) is 0 Å². The molecule has 0 spiro atoms. The van der Waals surface area contributed by atoms with Crippen LogP contribution in [-0.2, 0) is 60.5 Å². The van der Waals surface area contributed by atoms with Crippen LogP contribution in [0.25, 0.3) is 33.9 Å². The number of hydrogen-bond acceptors (Lipinski definition) is 0. The van der Waals surface area contributed by atoms with Crippen LogP contribution >= 0.6 is 0 Å². The van der Waals surface area contributed by atoms with Crippen molar-refractivity contribution in [2.45, 2.75) is 433 Å². The van der Waals surface area contributed by atoms with Crippen LogP contribution in [0.2, 0.25) is 10.8 Å². The summed E-state index contributed by atoms with van der Waals surface area (Å²) in [6, 6.07) is 35.8. The van der Waals surface area contributed by atoms with Crippen molar-refractivity contribution in [3.8, 4) is 0 Å². The first kappa shape index (κ1) is 95.4. The van der Waals surface area contributed by atoms with Crippen molar-refractivity contribution in [3.05, 3.63) is 175 Å². The van der Waals surface area contributed by atoms with Crippen LogP contribution in [0.3, 0.4) is 0 Å². The number of unbranched alkanes of at least 4 members (excludes halogenated alkanes) is 40. The molecule has 0 unspecified atom stereocenters. The fourth-order valence-electron chi connectivity index (χ4n) is 15.2. The van der Waals surface area contributed by atoms with Crippen molar-refractivity contribution >= 4 is 22.8 Å². The summed E-state index contributed by atoms with van der Waals surface area (Å²) >= 11 is 2.01. The maximum Gasteiger partial charge on any atom is 0.210 e. The first-order valence-corrected chi connectivity index (χ1v) is 46.3. The van der Waals surface area contributed by atoms with Crippen LogP contribution in [0, 0.1) is 0 Å². The molecule has 0 aromatic heterocycles. The Morgan fingerprint density at radius 3 is 0.943 bits per heavy atom. The van der Waals surface area contributed by atoms with Gasteiger partial charge in [-0.15, -0.1) is 0 Å². The molecule has 4 nitrogen and oxygen atoms in total. The quantitative estimate of drug-likeness (QED) is 0.0240. The molecule has 105 heavy (non-hydrogen) atoms. The van der Waals surface area contributed by atoms with Crippen LogP contribution in [0.4, 0.5) is 0 Å². The Kier molecular flexibility index (Phi) is 59.0. The number of allylic oxidation sites excluding steroid dienone is 4.